The Morgan fingerprint density at radius 3 is 2.56 bits per heavy atom. The number of carbonyl (C=O) groups is 1. The predicted molar refractivity (Wildman–Crippen MR) is 69.1 cm³/mol. The maximum absolute atomic E-state index is 10.9. The topological polar surface area (TPSA) is 20.3 Å². The zero-order valence-corrected chi connectivity index (χ0v) is 10.7. The quantitative estimate of drug-likeness (QED) is 0.758. The van der Waals surface area contributed by atoms with E-state index in [1.54, 1.807) is 6.92 Å². The number of hydrogen-bond acceptors (Lipinski definition) is 2. The van der Waals surface area contributed by atoms with Crippen molar-refractivity contribution in [2.24, 2.45) is 0 Å². The fraction of sp³-hybridized carbons (Fsp3) is 0.500. The predicted octanol–water partition coefficient (Wildman–Crippen LogP) is 3.11. The Morgan fingerprint density at radius 1 is 1.31 bits per heavy atom. The maximum Gasteiger partial charge on any atom is 0.129 e. The van der Waals surface area contributed by atoms with Gasteiger partial charge in [0.15, 0.2) is 0 Å². The van der Waals surface area contributed by atoms with Crippen LogP contribution in [0.25, 0.3) is 0 Å². The van der Waals surface area contributed by atoms with Gasteiger partial charge < -0.3 is 9.69 Å². The van der Waals surface area contributed by atoms with Crippen molar-refractivity contribution in [2.45, 2.75) is 33.6 Å². The monoisotopic (exact) mass is 219 g/mol. The molecule has 0 aliphatic heterocycles. The molecule has 2 heteroatoms. The molecule has 0 unspecified atom stereocenters. The van der Waals surface area contributed by atoms with Crippen LogP contribution in [0, 0.1) is 13.8 Å². The number of aryl methyl sites for hydroxylation is 2. The van der Waals surface area contributed by atoms with Gasteiger partial charge in [0.05, 0.1) is 0 Å². The molecule has 2 nitrogen and oxygen atoms in total. The molecule has 0 amide bonds. The van der Waals surface area contributed by atoms with Crippen LogP contribution in [-0.4, -0.2) is 19.4 Å². The Bertz CT molecular complexity index is 371. The zero-order valence-electron chi connectivity index (χ0n) is 10.7. The fourth-order valence-electron chi connectivity index (χ4n) is 1.92. The fourth-order valence-corrected chi connectivity index (χ4v) is 1.92. The molecule has 0 saturated carbocycles. The second kappa shape index (κ2) is 5.69. The molecule has 1 aromatic carbocycles. The summed E-state index contributed by atoms with van der Waals surface area (Å²) >= 11 is 0. The average molecular weight is 219 g/mol. The van der Waals surface area contributed by atoms with Crippen molar-refractivity contribution >= 4 is 11.5 Å². The molecule has 0 spiro atoms. The van der Waals surface area contributed by atoms with Gasteiger partial charge in [-0.05, 0) is 38.8 Å². The highest BCUT2D eigenvalue weighted by atomic mass is 16.1. The highest BCUT2D eigenvalue weighted by Crippen LogP contribution is 2.20. The number of anilines is 1. The van der Waals surface area contributed by atoms with Gasteiger partial charge in [-0.25, -0.2) is 0 Å². The Balaban J connectivity index is 2.58. The van der Waals surface area contributed by atoms with Gasteiger partial charge in [-0.2, -0.15) is 0 Å². The van der Waals surface area contributed by atoms with Crippen LogP contribution in [0.15, 0.2) is 18.2 Å². The van der Waals surface area contributed by atoms with E-state index in [1.165, 1.54) is 16.8 Å². The third kappa shape index (κ3) is 3.69. The van der Waals surface area contributed by atoms with Crippen molar-refractivity contribution < 1.29 is 4.79 Å². The van der Waals surface area contributed by atoms with Crippen LogP contribution in [-0.2, 0) is 4.79 Å². The summed E-state index contributed by atoms with van der Waals surface area (Å²) in [5.41, 5.74) is 3.85. The molecule has 0 heterocycles. The molecule has 0 aromatic heterocycles. The van der Waals surface area contributed by atoms with Crippen LogP contribution in [0.1, 0.15) is 30.9 Å². The van der Waals surface area contributed by atoms with E-state index in [1.807, 2.05) is 0 Å². The second-order valence-electron chi connectivity index (χ2n) is 4.52. The van der Waals surface area contributed by atoms with E-state index >= 15 is 0 Å². The Labute approximate surface area is 98.3 Å². The molecule has 16 heavy (non-hydrogen) atoms. The smallest absolute Gasteiger partial charge is 0.129 e. The second-order valence-corrected chi connectivity index (χ2v) is 4.52. The molecule has 1 rings (SSSR count). The standard InChI is InChI=1S/C14H21NO/c1-11-7-8-14(12(2)10-11)15(4)9-5-6-13(3)16/h7-8,10H,5-6,9H2,1-4H3. The first kappa shape index (κ1) is 12.8. The molecule has 0 saturated heterocycles. The van der Waals surface area contributed by atoms with Gasteiger partial charge in [-0.15, -0.1) is 0 Å². The van der Waals surface area contributed by atoms with Crippen LogP contribution < -0.4 is 4.90 Å². The van der Waals surface area contributed by atoms with Crippen LogP contribution in [0.5, 0.6) is 0 Å². The van der Waals surface area contributed by atoms with Crippen molar-refractivity contribution in [3.8, 4) is 0 Å². The number of ketones is 1. The summed E-state index contributed by atoms with van der Waals surface area (Å²) in [4.78, 5) is 13.1. The van der Waals surface area contributed by atoms with Gasteiger partial charge >= 0.3 is 0 Å². The minimum absolute atomic E-state index is 0.272. The van der Waals surface area contributed by atoms with Gasteiger partial charge in [-0.1, -0.05) is 17.7 Å². The van der Waals surface area contributed by atoms with E-state index in [4.69, 9.17) is 0 Å². The lowest BCUT2D eigenvalue weighted by Crippen LogP contribution is -2.20. The van der Waals surface area contributed by atoms with Gasteiger partial charge in [0.2, 0.25) is 0 Å². The van der Waals surface area contributed by atoms with Gasteiger partial charge in [0, 0.05) is 25.7 Å². The number of hydrogen-bond donors (Lipinski definition) is 0. The molecule has 0 bridgehead atoms. The molecule has 0 aliphatic rings. The number of benzene rings is 1. The third-order valence-corrected chi connectivity index (χ3v) is 2.79. The summed E-state index contributed by atoms with van der Waals surface area (Å²) in [5.74, 6) is 0.272. The van der Waals surface area contributed by atoms with Crippen LogP contribution >= 0.6 is 0 Å². The number of nitrogens with zero attached hydrogens (tertiary/aromatic N) is 1. The SMILES string of the molecule is CC(=O)CCCN(C)c1ccc(C)cc1C. The van der Waals surface area contributed by atoms with E-state index < -0.39 is 0 Å². The Hall–Kier alpha value is -1.31. The van der Waals surface area contributed by atoms with E-state index in [0.29, 0.717) is 6.42 Å². The lowest BCUT2D eigenvalue weighted by atomic mass is 10.1. The summed E-state index contributed by atoms with van der Waals surface area (Å²) in [6.45, 7) is 6.82. The van der Waals surface area contributed by atoms with Crippen molar-refractivity contribution in [1.29, 1.82) is 0 Å². The van der Waals surface area contributed by atoms with Crippen LogP contribution in [0.4, 0.5) is 5.69 Å². The highest BCUT2D eigenvalue weighted by molar-refractivity contribution is 5.75. The van der Waals surface area contributed by atoms with E-state index in [-0.39, 0.29) is 5.78 Å². The summed E-state index contributed by atoms with van der Waals surface area (Å²) in [5, 5.41) is 0. The van der Waals surface area contributed by atoms with Crippen molar-refractivity contribution in [3.05, 3.63) is 29.3 Å². The molecule has 88 valence electrons. The Kier molecular flexibility index (Phi) is 4.53. The Morgan fingerprint density at radius 2 is 2.00 bits per heavy atom. The molecule has 1 aromatic rings. The lowest BCUT2D eigenvalue weighted by Gasteiger charge is -2.21. The van der Waals surface area contributed by atoms with Gasteiger partial charge in [-0.3, -0.25) is 0 Å². The lowest BCUT2D eigenvalue weighted by molar-refractivity contribution is -0.117. The van der Waals surface area contributed by atoms with Crippen molar-refractivity contribution in [3.63, 3.8) is 0 Å². The molecule has 0 N–H and O–H groups in total. The highest BCUT2D eigenvalue weighted by Gasteiger charge is 2.04. The number of Topliss-reactive ketones (excluding diaryl/α,β-unsaturated/α-hetero) is 1. The van der Waals surface area contributed by atoms with Gasteiger partial charge in [0.25, 0.3) is 0 Å². The molecular formula is C14H21NO. The number of rotatable bonds is 5. The molecule has 0 atom stereocenters. The van der Waals surface area contributed by atoms with Crippen molar-refractivity contribution in [1.82, 2.24) is 0 Å². The third-order valence-electron chi connectivity index (χ3n) is 2.79. The number of carbonyl (C=O) groups excluding carboxylic acids is 1. The zero-order chi connectivity index (χ0) is 12.1. The first-order valence-electron chi connectivity index (χ1n) is 5.78. The summed E-state index contributed by atoms with van der Waals surface area (Å²) in [7, 11) is 2.08. The first-order chi connectivity index (χ1) is 7.50. The summed E-state index contributed by atoms with van der Waals surface area (Å²) in [6, 6.07) is 6.47. The van der Waals surface area contributed by atoms with Crippen molar-refractivity contribution in [2.75, 3.05) is 18.5 Å². The van der Waals surface area contributed by atoms with E-state index in [0.717, 1.165) is 13.0 Å². The molecule has 0 radical (unpaired) electrons. The van der Waals surface area contributed by atoms with Gasteiger partial charge in [0.1, 0.15) is 5.78 Å². The van der Waals surface area contributed by atoms with Crippen LogP contribution in [0.3, 0.4) is 0 Å². The largest absolute Gasteiger partial charge is 0.374 e. The average Bonchev–Trinajstić information content (AvgIpc) is 2.16. The van der Waals surface area contributed by atoms with E-state index in [9.17, 15) is 4.79 Å². The first-order valence-corrected chi connectivity index (χ1v) is 5.78. The maximum atomic E-state index is 10.9. The minimum atomic E-state index is 0.272. The molecule has 0 fully saturated rings. The summed E-state index contributed by atoms with van der Waals surface area (Å²) < 4.78 is 0. The summed E-state index contributed by atoms with van der Waals surface area (Å²) in [6.07, 6.45) is 1.61. The minimum Gasteiger partial charge on any atom is -0.374 e. The molecular weight excluding hydrogens is 198 g/mol. The van der Waals surface area contributed by atoms with Crippen LogP contribution in [0.2, 0.25) is 0 Å². The molecule has 0 aliphatic carbocycles. The van der Waals surface area contributed by atoms with E-state index in [2.05, 4.69) is 44.0 Å². The normalized spacial score (nSPS) is 10.2.